The minimum atomic E-state index is -0.669. The maximum Gasteiger partial charge on any atom is 0.348 e. The molecular weight excluding hydrogens is 406 g/mol. The van der Waals surface area contributed by atoms with Gasteiger partial charge in [-0.2, -0.15) is 10.4 Å². The first-order valence-electron chi connectivity index (χ1n) is 8.18. The van der Waals surface area contributed by atoms with Gasteiger partial charge in [0.05, 0.1) is 19.3 Å². The van der Waals surface area contributed by atoms with Gasteiger partial charge in [0.2, 0.25) is 0 Å². The van der Waals surface area contributed by atoms with Gasteiger partial charge in [0.1, 0.15) is 11.6 Å². The Hall–Kier alpha value is -3.17. The van der Waals surface area contributed by atoms with Crippen LogP contribution >= 0.6 is 15.9 Å². The monoisotopic (exact) mass is 421 g/mol. The molecule has 0 spiro atoms. The van der Waals surface area contributed by atoms with Crippen LogP contribution < -0.4 is 0 Å². The molecule has 0 saturated carbocycles. The molecule has 27 heavy (non-hydrogen) atoms. The number of esters is 1. The van der Waals surface area contributed by atoms with E-state index in [0.29, 0.717) is 17.8 Å². The molecule has 0 saturated heterocycles. The smallest absolute Gasteiger partial charge is 0.348 e. The van der Waals surface area contributed by atoms with Crippen LogP contribution in [0.2, 0.25) is 0 Å². The van der Waals surface area contributed by atoms with Crippen LogP contribution in [0.15, 0.2) is 70.8 Å². The van der Waals surface area contributed by atoms with Gasteiger partial charge in [-0.3, -0.25) is 4.68 Å². The number of carbonyl (C=O) groups excluding carboxylic acids is 1. The van der Waals surface area contributed by atoms with Crippen LogP contribution in [0.1, 0.15) is 11.1 Å². The molecule has 0 unspecified atom stereocenters. The highest BCUT2D eigenvalue weighted by Crippen LogP contribution is 2.25. The highest BCUT2D eigenvalue weighted by atomic mass is 79.9. The summed E-state index contributed by atoms with van der Waals surface area (Å²) in [6.07, 6.45) is 3.34. The number of carbonyl (C=O) groups is 1. The van der Waals surface area contributed by atoms with Crippen LogP contribution in [0.4, 0.5) is 0 Å². The predicted octanol–water partition coefficient (Wildman–Crippen LogP) is 4.44. The Labute approximate surface area is 165 Å². The third kappa shape index (κ3) is 4.52. The van der Waals surface area contributed by atoms with Gasteiger partial charge in [-0.1, -0.05) is 58.4 Å². The zero-order chi connectivity index (χ0) is 19.2. The van der Waals surface area contributed by atoms with Crippen molar-refractivity contribution in [1.82, 2.24) is 9.78 Å². The lowest BCUT2D eigenvalue weighted by Gasteiger charge is -2.02. The van der Waals surface area contributed by atoms with Gasteiger partial charge >= 0.3 is 5.97 Å². The molecule has 134 valence electrons. The average Bonchev–Trinajstić information content (AvgIpc) is 3.10. The molecule has 0 radical (unpaired) electrons. The van der Waals surface area contributed by atoms with Gasteiger partial charge in [0.15, 0.2) is 0 Å². The summed E-state index contributed by atoms with van der Waals surface area (Å²) in [4.78, 5) is 11.8. The maximum atomic E-state index is 11.8. The highest BCUT2D eigenvalue weighted by molar-refractivity contribution is 9.10. The molecule has 0 aliphatic heterocycles. The molecule has 5 nitrogen and oxygen atoms in total. The topological polar surface area (TPSA) is 67.9 Å². The summed E-state index contributed by atoms with van der Waals surface area (Å²) in [5.74, 6) is -0.669. The van der Waals surface area contributed by atoms with E-state index in [-0.39, 0.29) is 5.57 Å². The Morgan fingerprint density at radius 2 is 1.93 bits per heavy atom. The predicted molar refractivity (Wildman–Crippen MR) is 107 cm³/mol. The summed E-state index contributed by atoms with van der Waals surface area (Å²) in [6, 6.07) is 19.5. The van der Waals surface area contributed by atoms with Crippen LogP contribution in [0.3, 0.4) is 0 Å². The quantitative estimate of drug-likeness (QED) is 0.346. The lowest BCUT2D eigenvalue weighted by molar-refractivity contribution is -0.135. The van der Waals surface area contributed by atoms with E-state index in [1.165, 1.54) is 13.2 Å². The lowest BCUT2D eigenvalue weighted by Crippen LogP contribution is -2.02. The third-order valence-electron chi connectivity index (χ3n) is 3.92. The summed E-state index contributed by atoms with van der Waals surface area (Å²) in [5.41, 5.74) is 3.30. The van der Waals surface area contributed by atoms with Gasteiger partial charge < -0.3 is 4.74 Å². The number of halogens is 1. The molecular formula is C21H16BrN3O2. The van der Waals surface area contributed by atoms with E-state index < -0.39 is 5.97 Å². The first-order chi connectivity index (χ1) is 13.1. The molecule has 6 heteroatoms. The summed E-state index contributed by atoms with van der Waals surface area (Å²) in [7, 11) is 1.25. The SMILES string of the molecule is COC(=O)/C(C#N)=C/c1cn(Cc2ccc(Br)cc2)nc1-c1ccccc1. The number of aromatic nitrogens is 2. The van der Waals surface area contributed by atoms with Gasteiger partial charge in [0, 0.05) is 21.8 Å². The van der Waals surface area contributed by atoms with Crippen LogP contribution in [0.5, 0.6) is 0 Å². The van der Waals surface area contributed by atoms with Crippen molar-refractivity contribution in [1.29, 1.82) is 5.26 Å². The number of rotatable bonds is 5. The number of methoxy groups -OCH3 is 1. The fourth-order valence-electron chi connectivity index (χ4n) is 2.62. The Morgan fingerprint density at radius 1 is 1.22 bits per heavy atom. The molecule has 3 aromatic rings. The first-order valence-corrected chi connectivity index (χ1v) is 8.97. The van der Waals surface area contributed by atoms with Crippen molar-refractivity contribution in [2.24, 2.45) is 0 Å². The van der Waals surface area contributed by atoms with Crippen molar-refractivity contribution in [3.63, 3.8) is 0 Å². The van der Waals surface area contributed by atoms with Crippen molar-refractivity contribution in [2.45, 2.75) is 6.54 Å². The van der Waals surface area contributed by atoms with Crippen molar-refractivity contribution >= 4 is 28.0 Å². The van der Waals surface area contributed by atoms with E-state index in [4.69, 9.17) is 0 Å². The van der Waals surface area contributed by atoms with Crippen LogP contribution in [0, 0.1) is 11.3 Å². The molecule has 0 aliphatic carbocycles. The molecule has 1 heterocycles. The molecule has 0 fully saturated rings. The number of hydrogen-bond acceptors (Lipinski definition) is 4. The molecule has 0 amide bonds. The number of nitrogens with zero attached hydrogens (tertiary/aromatic N) is 3. The van der Waals surface area contributed by atoms with E-state index >= 15 is 0 Å². The van der Waals surface area contributed by atoms with Crippen LogP contribution in [-0.4, -0.2) is 22.9 Å². The van der Waals surface area contributed by atoms with Gasteiger partial charge in [-0.25, -0.2) is 4.79 Å². The zero-order valence-electron chi connectivity index (χ0n) is 14.6. The Kier molecular flexibility index (Phi) is 5.84. The van der Waals surface area contributed by atoms with E-state index in [9.17, 15) is 10.1 Å². The standard InChI is InChI=1S/C21H16BrN3O2/c1-27-21(26)17(12-23)11-18-14-25(13-15-7-9-19(22)10-8-15)24-20(18)16-5-3-2-4-6-16/h2-11,14H,13H2,1H3/b17-11+. The molecule has 0 atom stereocenters. The molecule has 3 rings (SSSR count). The Balaban J connectivity index is 2.04. The number of hydrogen-bond donors (Lipinski definition) is 0. The molecule has 1 aromatic heterocycles. The van der Waals surface area contributed by atoms with Crippen LogP contribution in [-0.2, 0) is 16.1 Å². The normalized spacial score (nSPS) is 11.1. The van der Waals surface area contributed by atoms with E-state index in [1.54, 1.807) is 4.68 Å². The molecule has 0 aliphatic rings. The second-order valence-corrected chi connectivity index (χ2v) is 6.70. The Bertz CT molecular complexity index is 1020. The average molecular weight is 422 g/mol. The Morgan fingerprint density at radius 3 is 2.56 bits per heavy atom. The number of benzene rings is 2. The maximum absolute atomic E-state index is 11.8. The van der Waals surface area contributed by atoms with Gasteiger partial charge in [0.25, 0.3) is 0 Å². The van der Waals surface area contributed by atoms with Gasteiger partial charge in [-0.05, 0) is 23.8 Å². The number of nitriles is 1. The largest absolute Gasteiger partial charge is 0.465 e. The molecule has 0 bridgehead atoms. The second-order valence-electron chi connectivity index (χ2n) is 5.78. The van der Waals surface area contributed by atoms with E-state index in [1.807, 2.05) is 66.9 Å². The van der Waals surface area contributed by atoms with E-state index in [0.717, 1.165) is 15.6 Å². The minimum Gasteiger partial charge on any atom is -0.465 e. The summed E-state index contributed by atoms with van der Waals surface area (Å²) in [6.45, 7) is 0.571. The fourth-order valence-corrected chi connectivity index (χ4v) is 2.89. The molecule has 0 N–H and O–H groups in total. The molecule has 2 aromatic carbocycles. The first kappa shape index (κ1) is 18.6. The van der Waals surface area contributed by atoms with Crippen molar-refractivity contribution in [3.05, 3.63) is 82.0 Å². The highest BCUT2D eigenvalue weighted by Gasteiger charge is 2.14. The summed E-state index contributed by atoms with van der Waals surface area (Å²) >= 11 is 3.43. The number of ether oxygens (including phenoxy) is 1. The zero-order valence-corrected chi connectivity index (χ0v) is 16.2. The van der Waals surface area contributed by atoms with Crippen molar-refractivity contribution in [3.8, 4) is 17.3 Å². The van der Waals surface area contributed by atoms with Gasteiger partial charge in [-0.15, -0.1) is 0 Å². The van der Waals surface area contributed by atoms with Crippen molar-refractivity contribution < 1.29 is 9.53 Å². The fraction of sp³-hybridized carbons (Fsp3) is 0.0952. The third-order valence-corrected chi connectivity index (χ3v) is 4.45. The van der Waals surface area contributed by atoms with E-state index in [2.05, 4.69) is 25.8 Å². The van der Waals surface area contributed by atoms with Crippen LogP contribution in [0.25, 0.3) is 17.3 Å². The second kappa shape index (κ2) is 8.47. The van der Waals surface area contributed by atoms with Crippen molar-refractivity contribution in [2.75, 3.05) is 7.11 Å². The summed E-state index contributed by atoms with van der Waals surface area (Å²) < 4.78 is 7.48. The minimum absolute atomic E-state index is 0.0714. The summed E-state index contributed by atoms with van der Waals surface area (Å²) in [5, 5.41) is 13.9. The lowest BCUT2D eigenvalue weighted by atomic mass is 10.1.